The SMILES string of the molecule is CCCCCCCCCCC(=O)OC[C@H](COP(=O)(O)OC[C@H](O)COP(=O)(O)OC[C@@H](COC(=O)CCCCCCCCCCCCCCCCC(C)C)OC(=O)CCCCCCCCCCCCCCCCCCCCC(C)C)OC(=O)CCCCCCCCCCC(C)CC. The molecule has 98 heavy (non-hydrogen) atoms. The molecule has 17 nitrogen and oxygen atoms in total. The highest BCUT2D eigenvalue weighted by atomic mass is 31.2. The van der Waals surface area contributed by atoms with Gasteiger partial charge in [-0.1, -0.05) is 357 Å². The first-order chi connectivity index (χ1) is 47.3. The molecule has 0 aliphatic heterocycles. The molecule has 0 fully saturated rings. The van der Waals surface area contributed by atoms with E-state index >= 15 is 0 Å². The molecule has 0 aromatic carbocycles. The average Bonchev–Trinajstić information content (AvgIpc) is 1.01. The lowest BCUT2D eigenvalue weighted by Crippen LogP contribution is -2.30. The number of carbonyl (C=O) groups is 4. The number of phosphoric acid groups is 2. The molecule has 6 atom stereocenters. The highest BCUT2D eigenvalue weighted by molar-refractivity contribution is 7.47. The third-order valence-corrected chi connectivity index (χ3v) is 20.6. The van der Waals surface area contributed by atoms with Crippen molar-refractivity contribution in [3.63, 3.8) is 0 Å². The molecule has 19 heteroatoms. The number of esters is 4. The van der Waals surface area contributed by atoms with Crippen LogP contribution in [0.4, 0.5) is 0 Å². The van der Waals surface area contributed by atoms with Crippen LogP contribution in [0, 0.1) is 17.8 Å². The summed E-state index contributed by atoms with van der Waals surface area (Å²) in [6.07, 6.45) is 57.0. The highest BCUT2D eigenvalue weighted by Crippen LogP contribution is 2.45. The first kappa shape index (κ1) is 96.1. The van der Waals surface area contributed by atoms with E-state index in [1.165, 1.54) is 212 Å². The summed E-state index contributed by atoms with van der Waals surface area (Å²) in [6, 6.07) is 0. The molecule has 0 spiro atoms. The minimum Gasteiger partial charge on any atom is -0.462 e. The zero-order chi connectivity index (χ0) is 72.3. The minimum absolute atomic E-state index is 0.105. The summed E-state index contributed by atoms with van der Waals surface area (Å²) in [5.74, 6) is 0.271. The summed E-state index contributed by atoms with van der Waals surface area (Å²) in [4.78, 5) is 72.8. The Kier molecular flexibility index (Phi) is 68.1. The van der Waals surface area contributed by atoms with Crippen LogP contribution in [0.25, 0.3) is 0 Å². The Balaban J connectivity index is 5.19. The van der Waals surface area contributed by atoms with Crippen LogP contribution in [0.2, 0.25) is 0 Å². The normalized spacial score (nSPS) is 14.3. The fraction of sp³-hybridized carbons (Fsp3) is 0.949. The molecule has 0 heterocycles. The number of hydrogen-bond acceptors (Lipinski definition) is 15. The Labute approximate surface area is 600 Å². The summed E-state index contributed by atoms with van der Waals surface area (Å²) in [5.41, 5.74) is 0. The van der Waals surface area contributed by atoms with Crippen molar-refractivity contribution in [2.24, 2.45) is 17.8 Å². The van der Waals surface area contributed by atoms with Crippen molar-refractivity contribution in [3.8, 4) is 0 Å². The van der Waals surface area contributed by atoms with E-state index in [-0.39, 0.29) is 25.7 Å². The first-order valence-electron chi connectivity index (χ1n) is 40.9. The van der Waals surface area contributed by atoms with Gasteiger partial charge in [0.05, 0.1) is 26.4 Å². The van der Waals surface area contributed by atoms with Gasteiger partial charge in [0.2, 0.25) is 0 Å². The molecule has 0 bridgehead atoms. The second kappa shape index (κ2) is 69.4. The molecule has 0 aromatic heterocycles. The zero-order valence-corrected chi connectivity index (χ0v) is 66.0. The van der Waals surface area contributed by atoms with Crippen molar-refractivity contribution in [3.05, 3.63) is 0 Å². The molecule has 0 rings (SSSR count). The van der Waals surface area contributed by atoms with Crippen molar-refractivity contribution in [1.82, 2.24) is 0 Å². The Morgan fingerprint density at radius 1 is 0.296 bits per heavy atom. The van der Waals surface area contributed by atoms with E-state index < -0.39 is 97.5 Å². The number of hydrogen-bond donors (Lipinski definition) is 3. The van der Waals surface area contributed by atoms with Crippen LogP contribution in [0.5, 0.6) is 0 Å². The highest BCUT2D eigenvalue weighted by Gasteiger charge is 2.30. The maximum Gasteiger partial charge on any atom is 0.472 e. The molecular weight excluding hydrogens is 1280 g/mol. The molecule has 0 aromatic rings. The van der Waals surface area contributed by atoms with E-state index in [0.717, 1.165) is 114 Å². The second-order valence-electron chi connectivity index (χ2n) is 29.6. The molecular formula is C79H154O17P2. The molecule has 0 amide bonds. The largest absolute Gasteiger partial charge is 0.472 e. The average molecular weight is 1440 g/mol. The number of carbonyl (C=O) groups excluding carboxylic acids is 4. The fourth-order valence-corrected chi connectivity index (χ4v) is 13.7. The molecule has 3 unspecified atom stereocenters. The number of aliphatic hydroxyl groups is 1. The Morgan fingerprint density at radius 3 is 0.776 bits per heavy atom. The van der Waals surface area contributed by atoms with Crippen LogP contribution in [-0.2, 0) is 65.4 Å². The van der Waals surface area contributed by atoms with Gasteiger partial charge in [-0.25, -0.2) is 9.13 Å². The number of ether oxygens (including phenoxy) is 4. The van der Waals surface area contributed by atoms with Gasteiger partial charge in [0.25, 0.3) is 0 Å². The van der Waals surface area contributed by atoms with Gasteiger partial charge in [0, 0.05) is 25.7 Å². The van der Waals surface area contributed by atoms with E-state index in [4.69, 9.17) is 37.0 Å². The predicted octanol–water partition coefficient (Wildman–Crippen LogP) is 23.4. The van der Waals surface area contributed by atoms with Gasteiger partial charge in [0.15, 0.2) is 12.2 Å². The molecule has 582 valence electrons. The number of unbranched alkanes of at least 4 members (excludes halogenated alkanes) is 44. The van der Waals surface area contributed by atoms with Gasteiger partial charge >= 0.3 is 39.5 Å². The van der Waals surface area contributed by atoms with Crippen molar-refractivity contribution in [2.45, 2.75) is 426 Å². The maximum atomic E-state index is 13.1. The van der Waals surface area contributed by atoms with Crippen LogP contribution < -0.4 is 0 Å². The fourth-order valence-electron chi connectivity index (χ4n) is 12.1. The van der Waals surface area contributed by atoms with Crippen molar-refractivity contribution >= 4 is 39.5 Å². The molecule has 0 aliphatic rings. The van der Waals surface area contributed by atoms with E-state index in [0.29, 0.717) is 25.7 Å². The van der Waals surface area contributed by atoms with Crippen molar-refractivity contribution in [1.29, 1.82) is 0 Å². The lowest BCUT2D eigenvalue weighted by molar-refractivity contribution is -0.161. The van der Waals surface area contributed by atoms with Crippen LogP contribution in [-0.4, -0.2) is 96.7 Å². The monoisotopic (exact) mass is 1440 g/mol. The lowest BCUT2D eigenvalue weighted by atomic mass is 9.99. The number of aliphatic hydroxyl groups excluding tert-OH is 1. The minimum atomic E-state index is -4.96. The zero-order valence-electron chi connectivity index (χ0n) is 64.3. The van der Waals surface area contributed by atoms with Gasteiger partial charge in [-0.15, -0.1) is 0 Å². The van der Waals surface area contributed by atoms with Crippen molar-refractivity contribution in [2.75, 3.05) is 39.6 Å². The molecule has 3 N–H and O–H groups in total. The van der Waals surface area contributed by atoms with Gasteiger partial charge in [-0.05, 0) is 43.4 Å². The van der Waals surface area contributed by atoms with Crippen molar-refractivity contribution < 1.29 is 80.2 Å². The summed E-state index contributed by atoms with van der Waals surface area (Å²) >= 11 is 0. The Morgan fingerprint density at radius 2 is 0.520 bits per heavy atom. The topological polar surface area (TPSA) is 237 Å². The molecule has 0 saturated heterocycles. The molecule has 0 radical (unpaired) electrons. The summed E-state index contributed by atoms with van der Waals surface area (Å²) in [5, 5.41) is 10.6. The maximum absolute atomic E-state index is 13.1. The second-order valence-corrected chi connectivity index (χ2v) is 32.6. The third kappa shape index (κ3) is 71.1. The van der Waals surface area contributed by atoms with Crippen LogP contribution in [0.3, 0.4) is 0 Å². The van der Waals surface area contributed by atoms with Crippen LogP contribution in [0.15, 0.2) is 0 Å². The standard InChI is InChI=1S/C79H154O17P2/c1-8-10-11-12-13-39-46-53-60-76(81)89-66-74(96-79(84)63-56-49-42-35-34-38-45-52-59-72(7)9-2)68-93-97(85,86)91-64-73(80)65-92-98(87,88)94-69-75(67-90-77(82)61-54-47-40-32-28-24-21-20-23-27-31-37-44-51-58-71(5)6)95-78(83)62-55-48-41-33-29-25-19-17-15-14-16-18-22-26-30-36-43-50-57-70(3)4/h70-75,80H,8-69H2,1-7H3,(H,85,86)(H,87,88)/t72?,73-,74+,75+/m0/s1. The van der Waals surface area contributed by atoms with Gasteiger partial charge < -0.3 is 33.8 Å². The van der Waals surface area contributed by atoms with Crippen LogP contribution in [0.1, 0.15) is 408 Å². The van der Waals surface area contributed by atoms with E-state index in [1.54, 1.807) is 0 Å². The summed E-state index contributed by atoms with van der Waals surface area (Å²) < 4.78 is 68.5. The quantitative estimate of drug-likeness (QED) is 0.0222. The number of phosphoric ester groups is 2. The van der Waals surface area contributed by atoms with Gasteiger partial charge in [0.1, 0.15) is 19.3 Å². The Hall–Kier alpha value is -1.94. The lowest BCUT2D eigenvalue weighted by Gasteiger charge is -2.21. The van der Waals surface area contributed by atoms with Crippen LogP contribution >= 0.6 is 15.6 Å². The van der Waals surface area contributed by atoms with Gasteiger partial charge in [-0.2, -0.15) is 0 Å². The molecule has 0 aliphatic carbocycles. The van der Waals surface area contributed by atoms with E-state index in [9.17, 15) is 43.2 Å². The Bertz CT molecular complexity index is 1910. The predicted molar refractivity (Wildman–Crippen MR) is 400 cm³/mol. The van der Waals surface area contributed by atoms with Gasteiger partial charge in [-0.3, -0.25) is 37.3 Å². The van der Waals surface area contributed by atoms with E-state index in [1.807, 2.05) is 0 Å². The van der Waals surface area contributed by atoms with E-state index in [2.05, 4.69) is 48.5 Å². The molecule has 0 saturated carbocycles. The first-order valence-corrected chi connectivity index (χ1v) is 43.9. The summed E-state index contributed by atoms with van der Waals surface area (Å²) in [7, 11) is -9.91. The summed E-state index contributed by atoms with van der Waals surface area (Å²) in [6.45, 7) is 11.9. The third-order valence-electron chi connectivity index (χ3n) is 18.7. The smallest absolute Gasteiger partial charge is 0.462 e. The number of rotatable bonds is 77.